The van der Waals surface area contributed by atoms with Crippen molar-refractivity contribution in [2.24, 2.45) is 0 Å². The lowest BCUT2D eigenvalue weighted by Gasteiger charge is -2.42. The zero-order valence-corrected chi connectivity index (χ0v) is 13.3. The fourth-order valence-electron chi connectivity index (χ4n) is 2.96. The molecule has 0 spiro atoms. The minimum absolute atomic E-state index is 0.358. The van der Waals surface area contributed by atoms with E-state index in [-0.39, 0.29) is 0 Å². The van der Waals surface area contributed by atoms with Crippen molar-refractivity contribution in [3.8, 4) is 0 Å². The van der Waals surface area contributed by atoms with Crippen molar-refractivity contribution in [1.29, 1.82) is 0 Å². The topological polar surface area (TPSA) is 31.4 Å². The zero-order chi connectivity index (χ0) is 14.5. The molecule has 1 fully saturated rings. The van der Waals surface area contributed by atoms with Gasteiger partial charge < -0.3 is 10.2 Å². The van der Waals surface area contributed by atoms with Gasteiger partial charge in [0.1, 0.15) is 0 Å². The molecule has 1 aliphatic rings. The van der Waals surface area contributed by atoms with Gasteiger partial charge in [0.15, 0.2) is 0 Å². The highest BCUT2D eigenvalue weighted by Crippen LogP contribution is 2.25. The Balaban J connectivity index is 2.24. The van der Waals surface area contributed by atoms with E-state index in [0.717, 1.165) is 32.6 Å². The molecule has 0 radical (unpaired) electrons. The number of nitrogens with one attached hydrogen (secondary N) is 1. The Hall–Kier alpha value is -0.970. The third-order valence-corrected chi connectivity index (χ3v) is 4.31. The van der Waals surface area contributed by atoms with Crippen LogP contribution in [-0.2, 0) is 0 Å². The molecule has 4 nitrogen and oxygen atoms in total. The molecule has 1 aromatic rings. The number of likely N-dealkylation sites (N-methyl/N-ethyl adjacent to an activating group) is 2. The Morgan fingerprint density at radius 1 is 1.40 bits per heavy atom. The Bertz CT molecular complexity index is 421. The highest BCUT2D eigenvalue weighted by molar-refractivity contribution is 5.27. The largest absolute Gasteiger partial charge is 0.309 e. The molecule has 2 atom stereocenters. The fraction of sp³-hybridized carbons (Fsp3) is 0.688. The number of piperazine rings is 1. The quantitative estimate of drug-likeness (QED) is 0.886. The van der Waals surface area contributed by atoms with Crippen molar-refractivity contribution in [2.45, 2.75) is 32.4 Å². The van der Waals surface area contributed by atoms with E-state index in [0.29, 0.717) is 12.1 Å². The minimum atomic E-state index is 0.358. The van der Waals surface area contributed by atoms with Crippen molar-refractivity contribution in [1.82, 2.24) is 20.1 Å². The second-order valence-corrected chi connectivity index (χ2v) is 5.97. The third kappa shape index (κ3) is 3.57. The maximum absolute atomic E-state index is 4.34. The van der Waals surface area contributed by atoms with E-state index in [1.54, 1.807) is 0 Å². The average Bonchev–Trinajstić information content (AvgIpc) is 2.44. The van der Waals surface area contributed by atoms with Gasteiger partial charge in [0.05, 0.1) is 6.04 Å². The van der Waals surface area contributed by atoms with Crippen LogP contribution in [0, 0.1) is 6.92 Å². The van der Waals surface area contributed by atoms with E-state index in [2.05, 4.69) is 54.1 Å². The van der Waals surface area contributed by atoms with Gasteiger partial charge in [-0.1, -0.05) is 6.92 Å². The number of hydrogen-bond donors (Lipinski definition) is 1. The Morgan fingerprint density at radius 3 is 2.90 bits per heavy atom. The van der Waals surface area contributed by atoms with E-state index in [1.807, 2.05) is 12.4 Å². The first-order valence-electron chi connectivity index (χ1n) is 7.66. The van der Waals surface area contributed by atoms with Gasteiger partial charge in [-0.2, -0.15) is 0 Å². The lowest BCUT2D eigenvalue weighted by atomic mass is 9.94. The number of pyridine rings is 1. The van der Waals surface area contributed by atoms with Crippen molar-refractivity contribution in [3.05, 3.63) is 29.6 Å². The highest BCUT2D eigenvalue weighted by Gasteiger charge is 2.31. The normalized spacial score (nSPS) is 22.9. The summed E-state index contributed by atoms with van der Waals surface area (Å²) in [6.45, 7) is 8.84. The van der Waals surface area contributed by atoms with E-state index in [1.165, 1.54) is 11.1 Å². The number of nitrogens with zero attached hydrogens (tertiary/aromatic N) is 3. The van der Waals surface area contributed by atoms with Gasteiger partial charge in [-0.25, -0.2) is 0 Å². The molecule has 1 aliphatic heterocycles. The van der Waals surface area contributed by atoms with Crippen LogP contribution in [0.5, 0.6) is 0 Å². The predicted molar refractivity (Wildman–Crippen MR) is 83.9 cm³/mol. The Labute approximate surface area is 123 Å². The summed E-state index contributed by atoms with van der Waals surface area (Å²) in [5.74, 6) is 0. The molecule has 0 bridgehead atoms. The SMILES string of the molecule is CCCNC(c1cnccc1C)C1CN(C)CCN1C. The molecule has 2 rings (SSSR count). The highest BCUT2D eigenvalue weighted by atomic mass is 15.3. The van der Waals surface area contributed by atoms with Crippen LogP contribution in [0.15, 0.2) is 18.5 Å². The minimum Gasteiger partial charge on any atom is -0.309 e. The summed E-state index contributed by atoms with van der Waals surface area (Å²) in [6.07, 6.45) is 5.07. The predicted octanol–water partition coefficient (Wildman–Crippen LogP) is 1.68. The summed E-state index contributed by atoms with van der Waals surface area (Å²) in [7, 11) is 4.46. The van der Waals surface area contributed by atoms with E-state index in [9.17, 15) is 0 Å². The molecule has 1 saturated heterocycles. The van der Waals surface area contributed by atoms with Crippen LogP contribution in [0.2, 0.25) is 0 Å². The first-order valence-corrected chi connectivity index (χ1v) is 7.66. The lowest BCUT2D eigenvalue weighted by molar-refractivity contribution is 0.0874. The van der Waals surface area contributed by atoms with Gasteiger partial charge >= 0.3 is 0 Å². The number of rotatable bonds is 5. The summed E-state index contributed by atoms with van der Waals surface area (Å²) in [5.41, 5.74) is 2.67. The fourth-order valence-corrected chi connectivity index (χ4v) is 2.96. The van der Waals surface area contributed by atoms with Gasteiger partial charge in [0, 0.05) is 38.1 Å². The molecule has 112 valence electrons. The van der Waals surface area contributed by atoms with Crippen molar-refractivity contribution < 1.29 is 0 Å². The van der Waals surface area contributed by atoms with Crippen LogP contribution in [0.4, 0.5) is 0 Å². The van der Waals surface area contributed by atoms with Crippen LogP contribution in [-0.4, -0.2) is 61.1 Å². The Kier molecular flexibility index (Phi) is 5.52. The van der Waals surface area contributed by atoms with Crippen LogP contribution in [0.25, 0.3) is 0 Å². The van der Waals surface area contributed by atoms with E-state index in [4.69, 9.17) is 0 Å². The second kappa shape index (κ2) is 7.16. The lowest BCUT2D eigenvalue weighted by Crippen LogP contribution is -2.55. The first-order chi connectivity index (χ1) is 9.63. The van der Waals surface area contributed by atoms with Gasteiger partial charge in [0.25, 0.3) is 0 Å². The molecular formula is C16H28N4. The molecule has 0 amide bonds. The maximum Gasteiger partial charge on any atom is 0.0508 e. The molecule has 0 saturated carbocycles. The molecule has 2 unspecified atom stereocenters. The van der Waals surface area contributed by atoms with E-state index >= 15 is 0 Å². The summed E-state index contributed by atoms with van der Waals surface area (Å²) in [5, 5.41) is 3.74. The molecule has 4 heteroatoms. The van der Waals surface area contributed by atoms with E-state index < -0.39 is 0 Å². The standard InChI is InChI=1S/C16H28N4/c1-5-7-18-16(14-11-17-8-6-13(14)2)15-12-19(3)9-10-20(15)4/h6,8,11,15-16,18H,5,7,9-10,12H2,1-4H3. The molecule has 0 aromatic carbocycles. The number of aromatic nitrogens is 1. The summed E-state index contributed by atoms with van der Waals surface area (Å²) in [4.78, 5) is 9.25. The van der Waals surface area contributed by atoms with Crippen molar-refractivity contribution >= 4 is 0 Å². The molecule has 0 aliphatic carbocycles. The monoisotopic (exact) mass is 276 g/mol. The summed E-state index contributed by atoms with van der Waals surface area (Å²) < 4.78 is 0. The molecule has 1 aromatic heterocycles. The third-order valence-electron chi connectivity index (χ3n) is 4.31. The average molecular weight is 276 g/mol. The summed E-state index contributed by atoms with van der Waals surface area (Å²) in [6, 6.07) is 2.97. The van der Waals surface area contributed by atoms with Gasteiger partial charge in [-0.3, -0.25) is 9.88 Å². The van der Waals surface area contributed by atoms with Gasteiger partial charge in [-0.15, -0.1) is 0 Å². The van der Waals surface area contributed by atoms with Crippen LogP contribution >= 0.6 is 0 Å². The maximum atomic E-state index is 4.34. The Morgan fingerprint density at radius 2 is 2.20 bits per heavy atom. The van der Waals surface area contributed by atoms with Crippen molar-refractivity contribution in [3.63, 3.8) is 0 Å². The molecule has 20 heavy (non-hydrogen) atoms. The number of aryl methyl sites for hydroxylation is 1. The summed E-state index contributed by atoms with van der Waals surface area (Å²) >= 11 is 0. The second-order valence-electron chi connectivity index (χ2n) is 5.97. The smallest absolute Gasteiger partial charge is 0.0508 e. The zero-order valence-electron chi connectivity index (χ0n) is 13.3. The van der Waals surface area contributed by atoms with Crippen LogP contribution < -0.4 is 5.32 Å². The number of hydrogen-bond acceptors (Lipinski definition) is 4. The van der Waals surface area contributed by atoms with Gasteiger partial charge in [-0.05, 0) is 51.2 Å². The van der Waals surface area contributed by atoms with Crippen LogP contribution in [0.1, 0.15) is 30.5 Å². The van der Waals surface area contributed by atoms with Crippen molar-refractivity contribution in [2.75, 3.05) is 40.3 Å². The first kappa shape index (κ1) is 15.4. The van der Waals surface area contributed by atoms with Gasteiger partial charge in [0.2, 0.25) is 0 Å². The van der Waals surface area contributed by atoms with Crippen LogP contribution in [0.3, 0.4) is 0 Å². The molecule has 2 heterocycles. The molecule has 1 N–H and O–H groups in total. The molecular weight excluding hydrogens is 248 g/mol.